The molecule has 21 heavy (non-hydrogen) atoms. The van der Waals surface area contributed by atoms with E-state index in [9.17, 15) is 4.39 Å². The minimum absolute atomic E-state index is 0.251. The Hall–Kier alpha value is -1.45. The van der Waals surface area contributed by atoms with E-state index >= 15 is 0 Å². The van der Waals surface area contributed by atoms with Gasteiger partial charge in [-0.3, -0.25) is 4.90 Å². The number of hydrogen-bond acceptors (Lipinski definition) is 4. The predicted molar refractivity (Wildman–Crippen MR) is 81.4 cm³/mol. The number of benzene rings is 1. The number of rotatable bonds is 8. The largest absolute Gasteiger partial charge is 0.383 e. The van der Waals surface area contributed by atoms with Gasteiger partial charge in [0.05, 0.1) is 19.8 Å². The van der Waals surface area contributed by atoms with Gasteiger partial charge in [0.15, 0.2) is 0 Å². The summed E-state index contributed by atoms with van der Waals surface area (Å²) in [5, 5.41) is 0. The predicted octanol–water partition coefficient (Wildman–Crippen LogP) is 1.23. The number of nitrogens with zero attached hydrogens (tertiary/aromatic N) is 1. The van der Waals surface area contributed by atoms with Crippen molar-refractivity contribution < 1.29 is 13.9 Å². The first-order valence-corrected chi connectivity index (χ1v) is 6.88. The van der Waals surface area contributed by atoms with Crippen LogP contribution in [0.25, 0.3) is 0 Å². The van der Waals surface area contributed by atoms with Gasteiger partial charge in [-0.05, 0) is 12.1 Å². The van der Waals surface area contributed by atoms with Gasteiger partial charge in [-0.25, -0.2) is 4.39 Å². The van der Waals surface area contributed by atoms with E-state index in [4.69, 9.17) is 15.2 Å². The summed E-state index contributed by atoms with van der Waals surface area (Å²) in [6, 6.07) is 5.02. The van der Waals surface area contributed by atoms with Crippen molar-refractivity contribution in [2.75, 3.05) is 47.1 Å². The molecule has 0 spiro atoms. The van der Waals surface area contributed by atoms with Crippen LogP contribution in [0.4, 0.5) is 4.39 Å². The lowest BCUT2D eigenvalue weighted by molar-refractivity contribution is 0.109. The van der Waals surface area contributed by atoms with Gasteiger partial charge in [-0.2, -0.15) is 0 Å². The smallest absolute Gasteiger partial charge is 0.128 e. The zero-order chi connectivity index (χ0) is 15.5. The van der Waals surface area contributed by atoms with Crippen molar-refractivity contribution in [1.29, 1.82) is 0 Å². The fraction of sp³-hybridized carbons (Fsp3) is 0.500. The maximum Gasteiger partial charge on any atom is 0.128 e. The van der Waals surface area contributed by atoms with E-state index in [-0.39, 0.29) is 12.4 Å². The molecule has 5 heteroatoms. The van der Waals surface area contributed by atoms with Crippen LogP contribution in [-0.4, -0.2) is 52.0 Å². The van der Waals surface area contributed by atoms with E-state index in [0.717, 1.165) is 13.1 Å². The standard InChI is InChI=1S/C16H23FN2O2/c1-20-10-8-19(9-11-21-2)13-15-6-5-14(4-3-7-18)12-16(15)17/h5-6,12H,7-11,13,18H2,1-2H3. The van der Waals surface area contributed by atoms with E-state index in [0.29, 0.717) is 30.9 Å². The summed E-state index contributed by atoms with van der Waals surface area (Å²) in [6.07, 6.45) is 0. The lowest BCUT2D eigenvalue weighted by Crippen LogP contribution is -2.30. The van der Waals surface area contributed by atoms with Crippen molar-refractivity contribution in [2.24, 2.45) is 5.73 Å². The highest BCUT2D eigenvalue weighted by atomic mass is 19.1. The molecule has 0 radical (unpaired) electrons. The molecule has 0 saturated carbocycles. The van der Waals surface area contributed by atoms with Crippen molar-refractivity contribution in [3.63, 3.8) is 0 Å². The topological polar surface area (TPSA) is 47.7 Å². The first kappa shape index (κ1) is 17.6. The number of nitrogens with two attached hydrogens (primary N) is 1. The molecule has 1 rings (SSSR count). The highest BCUT2D eigenvalue weighted by molar-refractivity contribution is 5.37. The van der Waals surface area contributed by atoms with Crippen LogP contribution in [0.3, 0.4) is 0 Å². The Morgan fingerprint density at radius 2 is 1.86 bits per heavy atom. The van der Waals surface area contributed by atoms with Gasteiger partial charge in [0.1, 0.15) is 5.82 Å². The summed E-state index contributed by atoms with van der Waals surface area (Å²) < 4.78 is 24.2. The SMILES string of the molecule is COCCN(CCOC)Cc1ccc(C#CCN)cc1F. The summed E-state index contributed by atoms with van der Waals surface area (Å²) in [5.41, 5.74) is 6.59. The molecule has 116 valence electrons. The fourth-order valence-corrected chi connectivity index (χ4v) is 1.86. The molecular weight excluding hydrogens is 271 g/mol. The van der Waals surface area contributed by atoms with Gasteiger partial charge in [0, 0.05) is 45.0 Å². The van der Waals surface area contributed by atoms with E-state index in [1.165, 1.54) is 6.07 Å². The highest BCUT2D eigenvalue weighted by Gasteiger charge is 2.09. The molecule has 0 atom stereocenters. The lowest BCUT2D eigenvalue weighted by Gasteiger charge is -2.22. The van der Waals surface area contributed by atoms with Gasteiger partial charge < -0.3 is 15.2 Å². The van der Waals surface area contributed by atoms with Crippen molar-refractivity contribution in [1.82, 2.24) is 4.90 Å². The van der Waals surface area contributed by atoms with Gasteiger partial charge in [-0.1, -0.05) is 17.9 Å². The van der Waals surface area contributed by atoms with Crippen LogP contribution in [0.2, 0.25) is 0 Å². The Kier molecular flexibility index (Phi) is 8.63. The van der Waals surface area contributed by atoms with Crippen LogP contribution in [0, 0.1) is 17.7 Å². The van der Waals surface area contributed by atoms with Gasteiger partial charge >= 0.3 is 0 Å². The monoisotopic (exact) mass is 294 g/mol. The summed E-state index contributed by atoms with van der Waals surface area (Å²) in [7, 11) is 3.31. The minimum atomic E-state index is -0.251. The Bertz CT molecular complexity index is 475. The first-order valence-electron chi connectivity index (χ1n) is 6.88. The minimum Gasteiger partial charge on any atom is -0.383 e. The van der Waals surface area contributed by atoms with E-state index in [1.54, 1.807) is 20.3 Å². The Morgan fingerprint density at radius 3 is 2.38 bits per heavy atom. The number of halogens is 1. The Labute approximate surface area is 126 Å². The molecule has 0 aliphatic rings. The maximum atomic E-state index is 14.1. The third-order valence-electron chi connectivity index (χ3n) is 3.01. The second-order valence-electron chi connectivity index (χ2n) is 4.57. The number of methoxy groups -OCH3 is 2. The molecule has 0 aliphatic heterocycles. The van der Waals surface area contributed by atoms with Gasteiger partial charge in [0.2, 0.25) is 0 Å². The molecule has 0 amide bonds. The van der Waals surface area contributed by atoms with Crippen molar-refractivity contribution in [3.05, 3.63) is 35.1 Å². The molecule has 1 aromatic rings. The number of ether oxygens (including phenoxy) is 2. The quantitative estimate of drug-likeness (QED) is 0.733. The van der Waals surface area contributed by atoms with E-state index < -0.39 is 0 Å². The normalized spacial score (nSPS) is 10.5. The fourth-order valence-electron chi connectivity index (χ4n) is 1.86. The molecule has 0 aliphatic carbocycles. The molecule has 0 fully saturated rings. The summed E-state index contributed by atoms with van der Waals surface area (Å²) >= 11 is 0. The van der Waals surface area contributed by atoms with Crippen molar-refractivity contribution >= 4 is 0 Å². The lowest BCUT2D eigenvalue weighted by atomic mass is 10.1. The van der Waals surface area contributed by atoms with E-state index in [2.05, 4.69) is 16.7 Å². The first-order chi connectivity index (χ1) is 10.2. The van der Waals surface area contributed by atoms with Crippen LogP contribution in [0.15, 0.2) is 18.2 Å². The van der Waals surface area contributed by atoms with Crippen molar-refractivity contribution in [3.8, 4) is 11.8 Å². The summed E-state index contributed by atoms with van der Waals surface area (Å²) in [4.78, 5) is 2.09. The van der Waals surface area contributed by atoms with Crippen LogP contribution >= 0.6 is 0 Å². The third-order valence-corrected chi connectivity index (χ3v) is 3.01. The van der Waals surface area contributed by atoms with E-state index in [1.807, 2.05) is 6.07 Å². The third kappa shape index (κ3) is 6.69. The van der Waals surface area contributed by atoms with Gasteiger partial charge in [-0.15, -0.1) is 0 Å². The Balaban J connectivity index is 2.73. The maximum absolute atomic E-state index is 14.1. The molecule has 0 saturated heterocycles. The van der Waals surface area contributed by atoms with Crippen LogP contribution in [0.5, 0.6) is 0 Å². The molecule has 0 heterocycles. The number of hydrogen-bond donors (Lipinski definition) is 1. The average molecular weight is 294 g/mol. The molecular formula is C16H23FN2O2. The molecule has 0 bridgehead atoms. The van der Waals surface area contributed by atoms with Crippen LogP contribution in [-0.2, 0) is 16.0 Å². The zero-order valence-corrected chi connectivity index (χ0v) is 12.7. The second-order valence-corrected chi connectivity index (χ2v) is 4.57. The second kappa shape index (κ2) is 10.3. The van der Waals surface area contributed by atoms with Gasteiger partial charge in [0.25, 0.3) is 0 Å². The zero-order valence-electron chi connectivity index (χ0n) is 12.7. The average Bonchev–Trinajstić information content (AvgIpc) is 2.49. The molecule has 1 aromatic carbocycles. The van der Waals surface area contributed by atoms with Crippen molar-refractivity contribution in [2.45, 2.75) is 6.54 Å². The van der Waals surface area contributed by atoms with Crippen LogP contribution < -0.4 is 5.73 Å². The molecule has 0 aromatic heterocycles. The molecule has 4 nitrogen and oxygen atoms in total. The Morgan fingerprint density at radius 1 is 1.19 bits per heavy atom. The highest BCUT2D eigenvalue weighted by Crippen LogP contribution is 2.12. The molecule has 2 N–H and O–H groups in total. The summed E-state index contributed by atoms with van der Waals surface area (Å²) in [6.45, 7) is 3.45. The molecule has 0 unspecified atom stereocenters. The summed E-state index contributed by atoms with van der Waals surface area (Å²) in [5.74, 6) is 5.29. The van der Waals surface area contributed by atoms with Crippen LogP contribution in [0.1, 0.15) is 11.1 Å².